The largest absolute Gasteiger partial charge is 0.288 e. The van der Waals surface area contributed by atoms with Gasteiger partial charge in [-0.25, -0.2) is 0 Å². The highest BCUT2D eigenvalue weighted by Crippen LogP contribution is 2.34. The first kappa shape index (κ1) is 23.5. The van der Waals surface area contributed by atoms with Crippen LogP contribution in [0.1, 0.15) is 67.2 Å². The molecule has 0 saturated heterocycles. The van der Waals surface area contributed by atoms with Crippen LogP contribution < -0.4 is 0 Å². The van der Waals surface area contributed by atoms with Crippen LogP contribution in [0, 0.1) is 0 Å². The molecule has 0 fully saturated rings. The molecule has 1 aliphatic carbocycles. The molecule has 0 amide bonds. The Morgan fingerprint density at radius 1 is 1.07 bits per heavy atom. The first-order valence-electron chi connectivity index (χ1n) is 10.1. The van der Waals surface area contributed by atoms with Gasteiger partial charge in [-0.05, 0) is 81.2 Å². The fourth-order valence-corrected chi connectivity index (χ4v) is 3.95. The van der Waals surface area contributed by atoms with Crippen LogP contribution in [-0.4, -0.2) is 19.0 Å². The molecule has 1 rings (SSSR count). The van der Waals surface area contributed by atoms with Crippen LogP contribution in [0.3, 0.4) is 0 Å². The fourth-order valence-electron chi connectivity index (χ4n) is 3.20. The summed E-state index contributed by atoms with van der Waals surface area (Å²) in [6.45, 7) is 13.3. The summed E-state index contributed by atoms with van der Waals surface area (Å²) in [7, 11) is 1.91. The molecular weight excluding hydrogens is 346 g/mol. The lowest BCUT2D eigenvalue weighted by Crippen LogP contribution is -2.12. The zero-order valence-corrected chi connectivity index (χ0v) is 19.4. The third kappa shape index (κ3) is 6.53. The Hall–Kier alpha value is -1.54. The van der Waals surface area contributed by atoms with Crippen LogP contribution in [0.25, 0.3) is 0 Å². The molecule has 0 aliphatic heterocycles. The number of nitrogens with zero attached hydrogens (tertiary/aromatic N) is 1. The molecule has 1 nitrogen and oxygen atoms in total. The number of thioether (sulfide) groups is 1. The summed E-state index contributed by atoms with van der Waals surface area (Å²) in [5, 5.41) is 0. The van der Waals surface area contributed by atoms with Gasteiger partial charge in [-0.3, -0.25) is 4.99 Å². The van der Waals surface area contributed by atoms with E-state index < -0.39 is 0 Å². The Balaban J connectivity index is 3.62. The summed E-state index contributed by atoms with van der Waals surface area (Å²) in [4.78, 5) is 6.01. The quantitative estimate of drug-likeness (QED) is 0.387. The van der Waals surface area contributed by atoms with Gasteiger partial charge in [0, 0.05) is 17.5 Å². The third-order valence-electron chi connectivity index (χ3n) is 4.96. The Morgan fingerprint density at radius 3 is 2.30 bits per heavy atom. The second-order valence-corrected chi connectivity index (χ2v) is 7.85. The average molecular weight is 384 g/mol. The molecule has 0 unspecified atom stereocenters. The van der Waals surface area contributed by atoms with Gasteiger partial charge >= 0.3 is 0 Å². The van der Waals surface area contributed by atoms with Crippen molar-refractivity contribution < 1.29 is 0 Å². The summed E-state index contributed by atoms with van der Waals surface area (Å²) in [5.41, 5.74) is 9.15. The van der Waals surface area contributed by atoms with Gasteiger partial charge in [-0.15, -0.1) is 11.8 Å². The zero-order valence-electron chi connectivity index (χ0n) is 18.6. The standard InChI is InChI=1S/C25H37NS/c1-9-12-14-19(5)25(27-8)23-16-21(13-10-2)24(26-7)22(17-23)15-20(6)18(4)11-3/h12,14-17H,9-11,13H2,1-8H3/b14-12+,20-18+,22-15-,25-19-,26-24?. The highest BCUT2D eigenvalue weighted by atomic mass is 32.2. The molecule has 0 aromatic rings. The number of hydrogen-bond donors (Lipinski definition) is 0. The number of hydrogen-bond acceptors (Lipinski definition) is 2. The van der Waals surface area contributed by atoms with Crippen molar-refractivity contribution in [1.82, 2.24) is 0 Å². The van der Waals surface area contributed by atoms with E-state index in [1.807, 2.05) is 18.8 Å². The highest BCUT2D eigenvalue weighted by molar-refractivity contribution is 8.02. The topological polar surface area (TPSA) is 12.4 Å². The Kier molecular flexibility index (Phi) is 10.5. The molecule has 0 radical (unpaired) electrons. The monoisotopic (exact) mass is 383 g/mol. The molecule has 0 spiro atoms. The van der Waals surface area contributed by atoms with E-state index in [-0.39, 0.29) is 0 Å². The van der Waals surface area contributed by atoms with E-state index in [0.29, 0.717) is 0 Å². The van der Waals surface area contributed by atoms with Crippen molar-refractivity contribution in [3.63, 3.8) is 0 Å². The number of allylic oxidation sites excluding steroid dienone is 11. The van der Waals surface area contributed by atoms with E-state index >= 15 is 0 Å². The molecule has 0 atom stereocenters. The molecule has 0 saturated carbocycles. The number of aliphatic imine (C=N–C) groups is 1. The van der Waals surface area contributed by atoms with Gasteiger partial charge in [0.15, 0.2) is 0 Å². The lowest BCUT2D eigenvalue weighted by atomic mass is 9.88. The van der Waals surface area contributed by atoms with Crippen LogP contribution >= 0.6 is 11.8 Å². The van der Waals surface area contributed by atoms with Crippen LogP contribution in [0.15, 0.2) is 73.7 Å². The van der Waals surface area contributed by atoms with Crippen molar-refractivity contribution in [1.29, 1.82) is 0 Å². The zero-order chi connectivity index (χ0) is 20.4. The lowest BCUT2D eigenvalue weighted by molar-refractivity contribution is 0.932. The Morgan fingerprint density at radius 2 is 1.78 bits per heavy atom. The maximum absolute atomic E-state index is 4.66. The summed E-state index contributed by atoms with van der Waals surface area (Å²) in [6, 6.07) is 0. The first-order valence-corrected chi connectivity index (χ1v) is 11.3. The molecule has 0 N–H and O–H groups in total. The molecule has 2 heteroatoms. The smallest absolute Gasteiger partial charge is 0.0675 e. The van der Waals surface area contributed by atoms with Gasteiger partial charge in [-0.1, -0.05) is 50.5 Å². The van der Waals surface area contributed by atoms with Gasteiger partial charge in [-0.2, -0.15) is 0 Å². The van der Waals surface area contributed by atoms with Gasteiger partial charge in [0.25, 0.3) is 0 Å². The summed E-state index contributed by atoms with van der Waals surface area (Å²) < 4.78 is 0. The summed E-state index contributed by atoms with van der Waals surface area (Å²) in [6.07, 6.45) is 18.0. The van der Waals surface area contributed by atoms with E-state index in [4.69, 9.17) is 0 Å². The maximum atomic E-state index is 4.66. The fraction of sp³-hybridized carbons (Fsp3) is 0.480. The first-order chi connectivity index (χ1) is 12.9. The molecule has 27 heavy (non-hydrogen) atoms. The Labute approximate surface area is 171 Å². The molecule has 1 aliphatic rings. The minimum Gasteiger partial charge on any atom is -0.288 e. The van der Waals surface area contributed by atoms with Crippen molar-refractivity contribution in [3.05, 3.63) is 68.7 Å². The van der Waals surface area contributed by atoms with Crippen molar-refractivity contribution in [3.8, 4) is 0 Å². The predicted molar refractivity (Wildman–Crippen MR) is 127 cm³/mol. The molecule has 0 heterocycles. The van der Waals surface area contributed by atoms with E-state index in [1.54, 1.807) is 0 Å². The van der Waals surface area contributed by atoms with Gasteiger partial charge in [0.2, 0.25) is 0 Å². The minimum absolute atomic E-state index is 1.06. The second kappa shape index (κ2) is 12.0. The van der Waals surface area contributed by atoms with Gasteiger partial charge in [0.1, 0.15) is 0 Å². The Bertz CT molecular complexity index is 736. The van der Waals surface area contributed by atoms with Crippen LogP contribution in [-0.2, 0) is 0 Å². The van der Waals surface area contributed by atoms with E-state index in [0.717, 1.165) is 31.4 Å². The normalized spacial score (nSPS) is 20.0. The van der Waals surface area contributed by atoms with Crippen molar-refractivity contribution in [2.45, 2.75) is 67.2 Å². The van der Waals surface area contributed by atoms with E-state index in [9.17, 15) is 0 Å². The van der Waals surface area contributed by atoms with Crippen molar-refractivity contribution in [2.75, 3.05) is 13.3 Å². The SMILES string of the molecule is CC/C=C/C(C)=C(\SC)C1=C/C(=C/C(C)=C(\C)CC)C(=NC)C(CCC)=C1. The summed E-state index contributed by atoms with van der Waals surface area (Å²) >= 11 is 1.83. The van der Waals surface area contributed by atoms with Gasteiger partial charge < -0.3 is 0 Å². The van der Waals surface area contributed by atoms with Gasteiger partial charge in [0.05, 0.1) is 5.71 Å². The maximum Gasteiger partial charge on any atom is 0.0675 e. The highest BCUT2D eigenvalue weighted by Gasteiger charge is 2.19. The van der Waals surface area contributed by atoms with E-state index in [2.05, 4.69) is 83.2 Å². The van der Waals surface area contributed by atoms with Crippen molar-refractivity contribution >= 4 is 17.5 Å². The average Bonchev–Trinajstić information content (AvgIpc) is 2.66. The molecule has 0 bridgehead atoms. The molecular formula is C25H37NS. The minimum atomic E-state index is 1.06. The van der Waals surface area contributed by atoms with Crippen LogP contribution in [0.5, 0.6) is 0 Å². The van der Waals surface area contributed by atoms with Crippen molar-refractivity contribution in [2.24, 2.45) is 4.99 Å². The summed E-state index contributed by atoms with van der Waals surface area (Å²) in [5.74, 6) is 0. The number of rotatable bonds is 8. The molecule has 0 aromatic heterocycles. The lowest BCUT2D eigenvalue weighted by Gasteiger charge is -2.21. The second-order valence-electron chi connectivity index (χ2n) is 7.03. The molecule has 148 valence electrons. The van der Waals surface area contributed by atoms with Crippen LogP contribution in [0.2, 0.25) is 0 Å². The molecule has 0 aromatic carbocycles. The van der Waals surface area contributed by atoms with Crippen LogP contribution in [0.4, 0.5) is 0 Å². The third-order valence-corrected chi connectivity index (χ3v) is 5.93. The van der Waals surface area contributed by atoms with E-state index in [1.165, 1.54) is 38.3 Å². The predicted octanol–water partition coefficient (Wildman–Crippen LogP) is 8.00.